The summed E-state index contributed by atoms with van der Waals surface area (Å²) >= 11 is 0. The van der Waals surface area contributed by atoms with Crippen LogP contribution in [0.15, 0.2) is 150 Å². The van der Waals surface area contributed by atoms with E-state index in [1.165, 1.54) is 0 Å². The summed E-state index contributed by atoms with van der Waals surface area (Å²) in [6, 6.07) is 28.9. The van der Waals surface area contributed by atoms with E-state index in [-0.39, 0.29) is 101 Å². The molecule has 0 aromatic heterocycles. The van der Waals surface area contributed by atoms with Gasteiger partial charge in [-0.3, -0.25) is 28.5 Å². The third-order valence-corrected chi connectivity index (χ3v) is 19.8. The molecule has 3 aliphatic rings. The number of amides is 3. The standard InChI is InChI=1S/C74H92N6O17S2.CO2.2O3S/c1-73(2)58-25-9-11-27-62(58)79(42-14-16-44-98(91,92)93)65(73)39-33-52-22-18-23-53(34-40-66-74(3,4)59-26-10-12-28-63(59)80(66)43-15-17-45-99(94,95)96)69(52)97-57-36-31-51(32-37-57)46-54(70(86)87)48-64(82)61(47-50-20-6-5-7-21-50)77-67(83)29-13-8-24-55(75)49-56(81)35-38-60(71(88)89)78-72(90)76-41-19-30-68(84)85;2-1-3;2*1-4(2)3/h5-7,9-12,20-21,25-28,31-34,36-37,39-40,54,60-61,75H,8,13-19,22-24,29-30,35,38,41-49H2,1-4H3,(H7-,76,77,78,83,84,85,86,87,88,89,90,91,92,93,94,95,96);;;/t54-,60+,61+;;;/m1.../s1. The van der Waals surface area contributed by atoms with Crippen LogP contribution >= 0.6 is 0 Å². The van der Waals surface area contributed by atoms with Crippen molar-refractivity contribution in [1.82, 2.24) is 16.0 Å². The van der Waals surface area contributed by atoms with E-state index in [1.54, 1.807) is 54.6 Å². The Morgan fingerprint density at radius 3 is 1.89 bits per heavy atom. The second-order valence-corrected chi connectivity index (χ2v) is 30.9. The first-order chi connectivity index (χ1) is 51.8. The lowest BCUT2D eigenvalue weighted by Crippen LogP contribution is -2.46. The number of para-hydroxylation sites is 2. The Kier molecular flexibility index (Phi) is 37.7. The lowest BCUT2D eigenvalue weighted by Gasteiger charge is -2.28. The summed E-state index contributed by atoms with van der Waals surface area (Å²) in [6.45, 7) is 9.53. The highest BCUT2D eigenvalue weighted by molar-refractivity contribution is 7.85. The third-order valence-electron chi connectivity index (χ3n) is 18.2. The average molecular weight is 1610 g/mol. The molecule has 0 saturated carbocycles. The topological polar surface area (TPSA) is 504 Å². The number of unbranched alkanes of at least 4 members (excludes halogenated alkanes) is 3. The summed E-state index contributed by atoms with van der Waals surface area (Å²) in [4.78, 5) is 107. The molecule has 4 aromatic rings. The molecule has 7 rings (SSSR count). The molecule has 0 saturated heterocycles. The van der Waals surface area contributed by atoms with Gasteiger partial charge in [0.2, 0.25) is 11.6 Å². The van der Waals surface area contributed by atoms with Gasteiger partial charge >= 0.3 is 51.3 Å². The fraction of sp³-hybridized carbons (Fsp3) is 0.440. The molecule has 0 spiro atoms. The van der Waals surface area contributed by atoms with Crippen molar-refractivity contribution < 1.29 is 119 Å². The Bertz CT molecular complexity index is 4590. The summed E-state index contributed by atoms with van der Waals surface area (Å²) in [7, 11) is -14.8. The first-order valence-corrected chi connectivity index (χ1v) is 40.2. The number of nitrogens with zero attached hydrogens (tertiary/aromatic N) is 2. The number of hydrogen-bond donors (Lipinski definition) is 8. The Morgan fingerprint density at radius 2 is 1.27 bits per heavy atom. The van der Waals surface area contributed by atoms with Gasteiger partial charge in [-0.2, -0.15) is 22.6 Å². The zero-order valence-corrected chi connectivity index (χ0v) is 64.5. The number of carboxylic acid groups (broad SMARTS) is 3. The number of carbonyl (C=O) groups excluding carboxylic acids is 6. The van der Waals surface area contributed by atoms with E-state index < -0.39 is 124 Å². The number of allylic oxidation sites excluding steroid dienone is 7. The molecule has 3 atom stereocenters. The van der Waals surface area contributed by atoms with Crippen molar-refractivity contribution in [3.63, 3.8) is 0 Å². The largest absolute Gasteiger partial charge is 0.748 e. The number of carbonyl (C=O) groups is 7. The zero-order valence-electron chi connectivity index (χ0n) is 61.2. The number of fused-ring (bicyclic) bond motifs is 2. The van der Waals surface area contributed by atoms with E-state index >= 15 is 0 Å². The Morgan fingerprint density at radius 1 is 0.673 bits per heavy atom. The van der Waals surface area contributed by atoms with Crippen molar-refractivity contribution in [3.8, 4) is 5.75 Å². The summed E-state index contributed by atoms with van der Waals surface area (Å²) < 4.78 is 127. The monoisotopic (exact) mass is 1600 g/mol. The molecule has 2 heterocycles. The fourth-order valence-electron chi connectivity index (χ4n) is 12.9. The summed E-state index contributed by atoms with van der Waals surface area (Å²) in [6.07, 6.45) is 11.7. The molecule has 110 heavy (non-hydrogen) atoms. The highest BCUT2D eigenvalue weighted by atomic mass is 32.2. The van der Waals surface area contributed by atoms with Crippen LogP contribution in [0.1, 0.15) is 159 Å². The van der Waals surface area contributed by atoms with Crippen molar-refractivity contribution in [2.75, 3.05) is 36.0 Å². The molecule has 3 amide bonds. The van der Waals surface area contributed by atoms with E-state index in [0.717, 1.165) is 57.0 Å². The van der Waals surface area contributed by atoms with Crippen LogP contribution in [0.5, 0.6) is 5.75 Å². The van der Waals surface area contributed by atoms with Crippen LogP contribution in [0, 0.1) is 11.3 Å². The van der Waals surface area contributed by atoms with Crippen LogP contribution in [0.3, 0.4) is 0 Å². The number of anilines is 1. The summed E-state index contributed by atoms with van der Waals surface area (Å²) in [5, 5.41) is 44.8. The van der Waals surface area contributed by atoms with Gasteiger partial charge in [-0.05, 0) is 156 Å². The molecule has 2 aliphatic heterocycles. The van der Waals surface area contributed by atoms with Crippen LogP contribution in [0.2, 0.25) is 0 Å². The number of aliphatic carboxylic acids is 3. The van der Waals surface area contributed by atoms with Crippen LogP contribution in [-0.2, 0) is 103 Å². The van der Waals surface area contributed by atoms with Gasteiger partial charge < -0.3 is 50.9 Å². The van der Waals surface area contributed by atoms with E-state index in [9.17, 15) is 69.7 Å². The maximum Gasteiger partial charge on any atom is 0.425 e. The predicted molar refractivity (Wildman–Crippen MR) is 400 cm³/mol. The van der Waals surface area contributed by atoms with Gasteiger partial charge in [-0.25, -0.2) is 18.0 Å². The van der Waals surface area contributed by atoms with Gasteiger partial charge in [-0.15, -0.1) is 25.3 Å². The van der Waals surface area contributed by atoms with Crippen molar-refractivity contribution in [1.29, 1.82) is 5.41 Å². The number of benzene rings is 4. The van der Waals surface area contributed by atoms with Crippen molar-refractivity contribution in [3.05, 3.63) is 172 Å². The van der Waals surface area contributed by atoms with Gasteiger partial charge in [-0.1, -0.05) is 98.8 Å². The van der Waals surface area contributed by atoms with E-state index in [2.05, 4.69) is 89.6 Å². The van der Waals surface area contributed by atoms with Crippen molar-refractivity contribution >= 4 is 112 Å². The minimum atomic E-state index is -4.39. The lowest BCUT2D eigenvalue weighted by molar-refractivity contribution is -0.438. The van der Waals surface area contributed by atoms with Crippen LogP contribution in [0.4, 0.5) is 16.2 Å². The average Bonchev–Trinajstić information content (AvgIpc) is 1.60. The predicted octanol–water partition coefficient (Wildman–Crippen LogP) is 8.01. The van der Waals surface area contributed by atoms with E-state index in [0.29, 0.717) is 62.3 Å². The van der Waals surface area contributed by atoms with E-state index in [4.69, 9.17) is 50.1 Å². The number of carboxylic acids is 3. The number of Topliss-reactive ketones (excluding diaryl/α,β-unsaturated/α-hetero) is 2. The zero-order chi connectivity index (χ0) is 81.9. The Balaban J connectivity index is 0.00000217. The minimum absolute atomic E-state index is 0.00538. The number of urea groups is 1. The lowest BCUT2D eigenvalue weighted by atomic mass is 9.81. The minimum Gasteiger partial charge on any atom is -0.748 e. The number of hydrogen-bond acceptors (Lipinski definition) is 23. The van der Waals surface area contributed by atoms with E-state index in [1.807, 2.05) is 36.4 Å². The van der Waals surface area contributed by atoms with Gasteiger partial charge in [0.25, 0.3) is 10.1 Å². The maximum absolute atomic E-state index is 14.3. The highest BCUT2D eigenvalue weighted by Crippen LogP contribution is 2.48. The molecule has 8 N–H and O–H groups in total. The second kappa shape index (κ2) is 45.0. The molecular weight excluding hydrogens is 1510 g/mol. The molecule has 596 valence electrons. The molecule has 0 unspecified atom stereocenters. The third kappa shape index (κ3) is 32.1. The normalized spacial score (nSPS) is 15.5. The molecule has 0 radical (unpaired) electrons. The van der Waals surface area contributed by atoms with Crippen molar-refractivity contribution in [2.45, 2.75) is 173 Å². The molecule has 0 fully saturated rings. The van der Waals surface area contributed by atoms with Crippen molar-refractivity contribution in [2.24, 2.45) is 5.92 Å². The molecule has 31 nitrogen and oxygen atoms in total. The van der Waals surface area contributed by atoms with Gasteiger partial charge in [0.15, 0.2) is 11.5 Å². The maximum atomic E-state index is 14.3. The molecular formula is C75H92N6O25S4. The molecule has 35 heteroatoms. The summed E-state index contributed by atoms with van der Waals surface area (Å²) in [5.74, 6) is -5.92. The van der Waals surface area contributed by atoms with Gasteiger partial charge in [0.1, 0.15) is 29.9 Å². The summed E-state index contributed by atoms with van der Waals surface area (Å²) in [5.41, 5.74) is 8.39. The molecule has 0 bridgehead atoms. The second-order valence-electron chi connectivity index (χ2n) is 27.0. The first kappa shape index (κ1) is 92.1. The smallest absolute Gasteiger partial charge is 0.425 e. The Hall–Kier alpha value is -10.3. The number of nitrogens with one attached hydrogen (secondary N) is 4. The quantitative estimate of drug-likeness (QED) is 0.00904. The van der Waals surface area contributed by atoms with Gasteiger partial charge in [0.05, 0.1) is 33.2 Å². The molecule has 1 aliphatic carbocycles. The van der Waals surface area contributed by atoms with Gasteiger partial charge in [0, 0.05) is 97.6 Å². The van der Waals surface area contributed by atoms with Crippen LogP contribution in [-0.4, -0.2) is 173 Å². The highest BCUT2D eigenvalue weighted by Gasteiger charge is 2.44. The number of ether oxygens (including phenoxy) is 1. The molecule has 4 aromatic carbocycles. The van der Waals surface area contributed by atoms with Crippen LogP contribution < -0.4 is 25.6 Å². The fourth-order valence-corrected chi connectivity index (χ4v) is 14.0. The first-order valence-electron chi connectivity index (χ1n) is 35.1. The SMILES string of the molecule is CC1(C)C(=CC=C2CCCC(C=CC3=[N+](CCCCS(=O)(=O)O)c4ccccc4C3(C)C)=C2Oc2ccc(C[C@H](CC(=O)[C@H](Cc3ccccc3)NC(=O)CCCCC(=N)CC(=O)CC[C@H](NC(=O)NCCCC(=O)O)C(=O)O)C(=O)O)cc2)N(CCCCS(=O)(=O)[O-])c2ccccc21.O=C=O.O=S(=O)=O.O=S(=O)=O. The number of ketones is 2. The number of rotatable bonds is 40. The Labute approximate surface area is 641 Å². The van der Waals surface area contributed by atoms with Crippen LogP contribution in [0.25, 0.3) is 0 Å².